The van der Waals surface area contributed by atoms with Gasteiger partial charge in [-0.25, -0.2) is 0 Å². The van der Waals surface area contributed by atoms with Gasteiger partial charge in [-0.1, -0.05) is 55.4 Å². The van der Waals surface area contributed by atoms with Gasteiger partial charge in [-0.15, -0.1) is 0 Å². The molecule has 22 heavy (non-hydrogen) atoms. The summed E-state index contributed by atoms with van der Waals surface area (Å²) >= 11 is 0. The number of benzene rings is 3. The van der Waals surface area contributed by atoms with Crippen molar-refractivity contribution in [2.75, 3.05) is 0 Å². The lowest BCUT2D eigenvalue weighted by Crippen LogP contribution is -2.25. The van der Waals surface area contributed by atoms with Gasteiger partial charge in [-0.2, -0.15) is 0 Å². The Morgan fingerprint density at radius 1 is 0.773 bits per heavy atom. The van der Waals surface area contributed by atoms with Crippen molar-refractivity contribution in [3.8, 4) is 5.69 Å². The average Bonchev–Trinajstić information content (AvgIpc) is 2.89. The molecule has 4 rings (SSSR count). The number of nitrogens with zero attached hydrogens (tertiary/aromatic N) is 1. The molecule has 0 bridgehead atoms. The van der Waals surface area contributed by atoms with Gasteiger partial charge in [0.15, 0.2) is 0 Å². The van der Waals surface area contributed by atoms with Gasteiger partial charge in [0, 0.05) is 16.5 Å². The highest BCUT2D eigenvalue weighted by molar-refractivity contribution is 6.65. The molecule has 4 aromatic rings. The Kier molecular flexibility index (Phi) is 3.02. The first kappa shape index (κ1) is 13.2. The number of aromatic nitrogens is 1. The number of para-hydroxylation sites is 2. The lowest BCUT2D eigenvalue weighted by atomic mass is 9.64. The predicted octanol–water partition coefficient (Wildman–Crippen LogP) is 3.60. The molecule has 0 aliphatic heterocycles. The van der Waals surface area contributed by atoms with E-state index in [0.717, 1.165) is 16.7 Å². The molecule has 2 nitrogen and oxygen atoms in total. The largest absolute Gasteiger partial charge is 0.447 e. The van der Waals surface area contributed by atoms with Gasteiger partial charge < -0.3 is 9.59 Å². The van der Waals surface area contributed by atoms with Crippen LogP contribution in [0.2, 0.25) is 6.82 Å². The summed E-state index contributed by atoms with van der Waals surface area (Å²) in [6, 6.07) is 25.0. The molecule has 1 aromatic heterocycles. The minimum absolute atomic E-state index is 0.455. The lowest BCUT2D eigenvalue weighted by Gasteiger charge is -2.08. The first-order valence-corrected chi connectivity index (χ1v) is 7.52. The summed E-state index contributed by atoms with van der Waals surface area (Å²) < 4.78 is 2.27. The van der Waals surface area contributed by atoms with Gasteiger partial charge in [0.2, 0.25) is 0 Å². The highest BCUT2D eigenvalue weighted by atomic mass is 16.2. The van der Waals surface area contributed by atoms with Crippen molar-refractivity contribution in [2.45, 2.75) is 6.82 Å². The van der Waals surface area contributed by atoms with Crippen molar-refractivity contribution in [2.24, 2.45) is 0 Å². The minimum Gasteiger partial charge on any atom is -0.447 e. The molecular formula is C19H16BNO. The van der Waals surface area contributed by atoms with Crippen LogP contribution < -0.4 is 5.46 Å². The summed E-state index contributed by atoms with van der Waals surface area (Å²) in [5.41, 5.74) is 4.45. The Balaban J connectivity index is 2.14. The van der Waals surface area contributed by atoms with Crippen molar-refractivity contribution in [3.63, 3.8) is 0 Å². The molecule has 0 radical (unpaired) electrons. The monoisotopic (exact) mass is 285 g/mol. The standard InChI is InChI=1S/C19H16BNO/c1-20(22)14-11-12-19-17(13-14)16-9-5-6-10-18(16)21(19)15-7-3-2-4-8-15/h2-13,22H,1H3. The molecule has 0 saturated carbocycles. The van der Waals surface area contributed by atoms with E-state index < -0.39 is 6.92 Å². The van der Waals surface area contributed by atoms with Crippen molar-refractivity contribution in [1.82, 2.24) is 4.57 Å². The first-order valence-electron chi connectivity index (χ1n) is 7.52. The van der Waals surface area contributed by atoms with E-state index in [4.69, 9.17) is 0 Å². The first-order chi connectivity index (χ1) is 10.8. The number of hydrogen-bond acceptors (Lipinski definition) is 1. The molecule has 0 amide bonds. The van der Waals surface area contributed by atoms with Crippen LogP contribution in [-0.2, 0) is 0 Å². The maximum Gasteiger partial charge on any atom is 0.320 e. The molecule has 0 aliphatic rings. The Morgan fingerprint density at radius 3 is 2.23 bits per heavy atom. The van der Waals surface area contributed by atoms with E-state index in [1.807, 2.05) is 12.1 Å². The third-order valence-corrected chi connectivity index (χ3v) is 4.19. The van der Waals surface area contributed by atoms with Crippen LogP contribution >= 0.6 is 0 Å². The molecule has 106 valence electrons. The highest BCUT2D eigenvalue weighted by Gasteiger charge is 2.14. The Hall–Kier alpha value is -2.52. The van der Waals surface area contributed by atoms with Gasteiger partial charge >= 0.3 is 6.92 Å². The Labute approximate surface area is 129 Å². The molecular weight excluding hydrogens is 269 g/mol. The van der Waals surface area contributed by atoms with E-state index in [1.54, 1.807) is 6.82 Å². The maximum atomic E-state index is 9.87. The minimum atomic E-state index is -0.455. The summed E-state index contributed by atoms with van der Waals surface area (Å²) in [5.74, 6) is 0. The van der Waals surface area contributed by atoms with Gasteiger partial charge in [-0.05, 0) is 29.7 Å². The van der Waals surface area contributed by atoms with Gasteiger partial charge in [-0.3, -0.25) is 0 Å². The second kappa shape index (κ2) is 5.04. The van der Waals surface area contributed by atoms with Crippen LogP contribution in [0.1, 0.15) is 0 Å². The topological polar surface area (TPSA) is 25.2 Å². The molecule has 3 aromatic carbocycles. The van der Waals surface area contributed by atoms with Crippen LogP contribution in [0.25, 0.3) is 27.5 Å². The third-order valence-electron chi connectivity index (χ3n) is 4.19. The van der Waals surface area contributed by atoms with E-state index in [1.165, 1.54) is 16.3 Å². The zero-order chi connectivity index (χ0) is 15.1. The summed E-state index contributed by atoms with van der Waals surface area (Å²) in [4.78, 5) is 0. The van der Waals surface area contributed by atoms with Gasteiger partial charge in [0.05, 0.1) is 11.0 Å². The molecule has 1 N–H and O–H groups in total. The van der Waals surface area contributed by atoms with Gasteiger partial charge in [0.1, 0.15) is 0 Å². The summed E-state index contributed by atoms with van der Waals surface area (Å²) in [7, 11) is 0. The van der Waals surface area contributed by atoms with Crippen molar-refractivity contribution >= 4 is 34.2 Å². The molecule has 0 spiro atoms. The molecule has 0 atom stereocenters. The highest BCUT2D eigenvalue weighted by Crippen LogP contribution is 2.31. The molecule has 3 heteroatoms. The van der Waals surface area contributed by atoms with Crippen LogP contribution in [0, 0.1) is 0 Å². The number of hydrogen-bond donors (Lipinski definition) is 1. The van der Waals surface area contributed by atoms with Crippen LogP contribution in [0.5, 0.6) is 0 Å². The van der Waals surface area contributed by atoms with Crippen molar-refractivity contribution in [3.05, 3.63) is 72.8 Å². The van der Waals surface area contributed by atoms with Crippen LogP contribution in [0.15, 0.2) is 72.8 Å². The third kappa shape index (κ3) is 1.94. The molecule has 0 unspecified atom stereocenters. The quantitative estimate of drug-likeness (QED) is 0.559. The normalized spacial score (nSPS) is 11.2. The molecule has 0 fully saturated rings. The predicted molar refractivity (Wildman–Crippen MR) is 94.3 cm³/mol. The summed E-state index contributed by atoms with van der Waals surface area (Å²) in [5, 5.41) is 12.3. The number of rotatable bonds is 2. The Morgan fingerprint density at radius 2 is 1.45 bits per heavy atom. The fourth-order valence-corrected chi connectivity index (χ4v) is 3.11. The molecule has 1 heterocycles. The van der Waals surface area contributed by atoms with Crippen molar-refractivity contribution in [1.29, 1.82) is 0 Å². The fourth-order valence-electron chi connectivity index (χ4n) is 3.11. The second-order valence-electron chi connectivity index (χ2n) is 5.64. The SMILES string of the molecule is CB(O)c1ccc2c(c1)c1ccccc1n2-c1ccccc1. The average molecular weight is 285 g/mol. The van der Waals surface area contributed by atoms with E-state index in [9.17, 15) is 5.02 Å². The fraction of sp³-hybridized carbons (Fsp3) is 0.0526. The Bertz CT molecular complexity index is 957. The van der Waals surface area contributed by atoms with Crippen molar-refractivity contribution < 1.29 is 5.02 Å². The van der Waals surface area contributed by atoms with Crippen LogP contribution in [0.3, 0.4) is 0 Å². The van der Waals surface area contributed by atoms with Crippen LogP contribution in [0.4, 0.5) is 0 Å². The van der Waals surface area contributed by atoms with Gasteiger partial charge in [0.25, 0.3) is 0 Å². The maximum absolute atomic E-state index is 9.87. The molecule has 0 saturated heterocycles. The summed E-state index contributed by atoms with van der Waals surface area (Å²) in [6.45, 7) is 1.35. The van der Waals surface area contributed by atoms with Crippen LogP contribution in [-0.4, -0.2) is 16.5 Å². The zero-order valence-corrected chi connectivity index (χ0v) is 12.4. The van der Waals surface area contributed by atoms with E-state index in [0.29, 0.717) is 0 Å². The smallest absolute Gasteiger partial charge is 0.320 e. The molecule has 0 aliphatic carbocycles. The van der Waals surface area contributed by atoms with E-state index in [-0.39, 0.29) is 0 Å². The van der Waals surface area contributed by atoms with E-state index in [2.05, 4.69) is 65.2 Å². The number of fused-ring (bicyclic) bond motifs is 3. The second-order valence-corrected chi connectivity index (χ2v) is 5.64. The summed E-state index contributed by atoms with van der Waals surface area (Å²) in [6.07, 6.45) is 0. The van der Waals surface area contributed by atoms with E-state index >= 15 is 0 Å². The zero-order valence-electron chi connectivity index (χ0n) is 12.4. The lowest BCUT2D eigenvalue weighted by molar-refractivity contribution is 0.594.